The van der Waals surface area contributed by atoms with Crippen molar-refractivity contribution in [1.29, 1.82) is 0 Å². The Bertz CT molecular complexity index is 1280. The fourth-order valence-corrected chi connectivity index (χ4v) is 3.86. The van der Waals surface area contributed by atoms with Gasteiger partial charge in [0.25, 0.3) is 0 Å². The smallest absolute Gasteiger partial charge is 0.229 e. The minimum Gasteiger partial charge on any atom is -0.504 e. The predicted molar refractivity (Wildman–Crippen MR) is 119 cm³/mol. The topological polar surface area (TPSA) is 189 Å². The Kier molecular flexibility index (Phi) is 6.74. The zero-order valence-electron chi connectivity index (χ0n) is 18.6. The minimum absolute atomic E-state index is 0.0374. The van der Waals surface area contributed by atoms with Crippen molar-refractivity contribution in [3.8, 4) is 39.9 Å². The molecule has 188 valence electrons. The zero-order valence-corrected chi connectivity index (χ0v) is 18.6. The van der Waals surface area contributed by atoms with Gasteiger partial charge in [0.05, 0.1) is 26.4 Å². The average Bonchev–Trinajstić information content (AvgIpc) is 2.84. The number of hydrogen-bond acceptors (Lipinski definition) is 12. The highest BCUT2D eigenvalue weighted by atomic mass is 16.7. The Morgan fingerprint density at radius 2 is 1.71 bits per heavy atom. The Hall–Kier alpha value is -3.55. The molecule has 0 unspecified atom stereocenters. The summed E-state index contributed by atoms with van der Waals surface area (Å²) in [7, 11) is 2.58. The molecule has 0 radical (unpaired) electrons. The number of ether oxygens (including phenoxy) is 4. The van der Waals surface area contributed by atoms with Crippen molar-refractivity contribution in [2.75, 3.05) is 20.8 Å². The molecular weight excluding hydrogens is 468 g/mol. The van der Waals surface area contributed by atoms with E-state index >= 15 is 0 Å². The number of aromatic hydroxyl groups is 2. The lowest BCUT2D eigenvalue weighted by Gasteiger charge is -2.39. The first-order chi connectivity index (χ1) is 16.7. The first kappa shape index (κ1) is 24.6. The van der Waals surface area contributed by atoms with Crippen LogP contribution in [0.15, 0.2) is 39.7 Å². The number of benzene rings is 2. The van der Waals surface area contributed by atoms with Crippen LogP contribution in [0.25, 0.3) is 22.1 Å². The molecule has 1 saturated heterocycles. The second kappa shape index (κ2) is 9.60. The SMILES string of the molecule is COc1ccc(-c2coc3cc(O[C@@H]4O[C@H](CO)[C@@H](O)[C@H](O)[C@@H]4O)c(OC)c(O)c3c2=O)cc1O. The van der Waals surface area contributed by atoms with Gasteiger partial charge in [-0.15, -0.1) is 0 Å². The van der Waals surface area contributed by atoms with Gasteiger partial charge in [-0.25, -0.2) is 0 Å². The highest BCUT2D eigenvalue weighted by molar-refractivity contribution is 5.91. The first-order valence-electron chi connectivity index (χ1n) is 10.4. The molecule has 12 nitrogen and oxygen atoms in total. The van der Waals surface area contributed by atoms with E-state index in [1.807, 2.05) is 0 Å². The summed E-state index contributed by atoms with van der Waals surface area (Å²) in [5.41, 5.74) is -0.394. The Morgan fingerprint density at radius 1 is 0.971 bits per heavy atom. The van der Waals surface area contributed by atoms with Gasteiger partial charge in [0, 0.05) is 6.07 Å². The van der Waals surface area contributed by atoms with Crippen LogP contribution in [0.2, 0.25) is 0 Å². The number of aliphatic hydroxyl groups excluding tert-OH is 4. The van der Waals surface area contributed by atoms with Crippen LogP contribution < -0.4 is 19.6 Å². The second-order valence-corrected chi connectivity index (χ2v) is 7.81. The van der Waals surface area contributed by atoms with Crippen LogP contribution in [0, 0.1) is 0 Å². The number of phenols is 2. The number of aliphatic hydroxyl groups is 4. The Balaban J connectivity index is 1.77. The van der Waals surface area contributed by atoms with Crippen molar-refractivity contribution in [2.45, 2.75) is 30.7 Å². The number of rotatable bonds is 6. The summed E-state index contributed by atoms with van der Waals surface area (Å²) in [5.74, 6) is -1.12. The molecule has 6 N–H and O–H groups in total. The van der Waals surface area contributed by atoms with Crippen molar-refractivity contribution in [3.05, 3.63) is 40.8 Å². The molecule has 1 aliphatic heterocycles. The highest BCUT2D eigenvalue weighted by Crippen LogP contribution is 2.43. The normalized spacial score (nSPS) is 24.3. The van der Waals surface area contributed by atoms with Crippen LogP contribution in [0.5, 0.6) is 28.7 Å². The third kappa shape index (κ3) is 4.22. The van der Waals surface area contributed by atoms with Gasteiger partial charge in [-0.1, -0.05) is 6.07 Å². The maximum Gasteiger partial charge on any atom is 0.229 e. The summed E-state index contributed by atoms with van der Waals surface area (Å²) in [5, 5.41) is 60.2. The predicted octanol–water partition coefficient (Wildman–Crippen LogP) is 0.0671. The monoisotopic (exact) mass is 492 g/mol. The molecule has 12 heteroatoms. The summed E-state index contributed by atoms with van der Waals surface area (Å²) < 4.78 is 26.7. The molecule has 2 aromatic carbocycles. The zero-order chi connectivity index (χ0) is 25.4. The minimum atomic E-state index is -1.72. The molecule has 3 aromatic rings. The van der Waals surface area contributed by atoms with Crippen LogP contribution in [0.3, 0.4) is 0 Å². The van der Waals surface area contributed by atoms with E-state index < -0.39 is 48.5 Å². The summed E-state index contributed by atoms with van der Waals surface area (Å²) in [6, 6.07) is 5.52. The van der Waals surface area contributed by atoms with E-state index in [0.29, 0.717) is 5.56 Å². The summed E-state index contributed by atoms with van der Waals surface area (Å²) in [6.45, 7) is -0.663. The molecule has 0 amide bonds. The van der Waals surface area contributed by atoms with Crippen LogP contribution in [-0.2, 0) is 4.74 Å². The van der Waals surface area contributed by atoms with E-state index in [1.165, 1.54) is 38.5 Å². The van der Waals surface area contributed by atoms with Gasteiger partial charge in [-0.2, -0.15) is 0 Å². The number of fused-ring (bicyclic) bond motifs is 1. The molecule has 1 aromatic heterocycles. The lowest BCUT2D eigenvalue weighted by molar-refractivity contribution is -0.277. The molecule has 0 spiro atoms. The third-order valence-corrected chi connectivity index (χ3v) is 5.75. The largest absolute Gasteiger partial charge is 0.504 e. The van der Waals surface area contributed by atoms with Crippen molar-refractivity contribution >= 4 is 11.0 Å². The molecule has 0 bridgehead atoms. The lowest BCUT2D eigenvalue weighted by atomic mass is 9.99. The fraction of sp³-hybridized carbons (Fsp3) is 0.348. The maximum absolute atomic E-state index is 13.2. The Morgan fingerprint density at radius 3 is 2.34 bits per heavy atom. The molecule has 2 heterocycles. The van der Waals surface area contributed by atoms with Crippen LogP contribution in [0.4, 0.5) is 0 Å². The van der Waals surface area contributed by atoms with Crippen molar-refractivity contribution in [1.82, 2.24) is 0 Å². The van der Waals surface area contributed by atoms with Crippen LogP contribution in [0.1, 0.15) is 0 Å². The van der Waals surface area contributed by atoms with Gasteiger partial charge in [0.1, 0.15) is 41.6 Å². The number of methoxy groups -OCH3 is 2. The average molecular weight is 492 g/mol. The number of phenolic OH excluding ortho intramolecular Hbond substituents is 2. The third-order valence-electron chi connectivity index (χ3n) is 5.75. The summed E-state index contributed by atoms with van der Waals surface area (Å²) in [4.78, 5) is 13.2. The summed E-state index contributed by atoms with van der Waals surface area (Å²) >= 11 is 0. The molecular formula is C23H24O12. The number of hydrogen-bond donors (Lipinski definition) is 6. The van der Waals surface area contributed by atoms with Gasteiger partial charge in [0.2, 0.25) is 17.5 Å². The molecule has 0 saturated carbocycles. The molecule has 35 heavy (non-hydrogen) atoms. The fourth-order valence-electron chi connectivity index (χ4n) is 3.86. The molecule has 5 atom stereocenters. The molecule has 4 rings (SSSR count). The van der Waals surface area contributed by atoms with E-state index in [0.717, 1.165) is 6.26 Å². The van der Waals surface area contributed by atoms with Gasteiger partial charge < -0.3 is 54.0 Å². The molecule has 1 aliphatic rings. The van der Waals surface area contributed by atoms with E-state index in [-0.39, 0.29) is 39.5 Å². The summed E-state index contributed by atoms with van der Waals surface area (Å²) in [6.07, 6.45) is -6.64. The standard InChI is InChI=1S/C23H24O12/c1-31-12-4-3-9(5-11(12)25)10-8-33-13-6-14(22(32-2)19(28)16(13)17(10)26)34-23-21(30)20(29)18(27)15(7-24)35-23/h3-6,8,15,18,20-21,23-25,27-30H,7H2,1-2H3/t15-,18-,20+,21+,23-/m1/s1. The maximum atomic E-state index is 13.2. The second-order valence-electron chi connectivity index (χ2n) is 7.81. The lowest BCUT2D eigenvalue weighted by Crippen LogP contribution is -2.60. The van der Waals surface area contributed by atoms with Gasteiger partial charge in [0.15, 0.2) is 23.0 Å². The van der Waals surface area contributed by atoms with Gasteiger partial charge >= 0.3 is 0 Å². The van der Waals surface area contributed by atoms with Crippen LogP contribution in [-0.4, -0.2) is 82.2 Å². The van der Waals surface area contributed by atoms with Crippen LogP contribution >= 0.6 is 0 Å². The molecule has 0 aliphatic carbocycles. The van der Waals surface area contributed by atoms with Gasteiger partial charge in [-0.05, 0) is 17.7 Å². The quantitative estimate of drug-likeness (QED) is 0.272. The van der Waals surface area contributed by atoms with E-state index in [2.05, 4.69) is 0 Å². The van der Waals surface area contributed by atoms with Crippen molar-refractivity contribution < 1.29 is 54.0 Å². The Labute approximate surface area is 197 Å². The van der Waals surface area contributed by atoms with Gasteiger partial charge in [-0.3, -0.25) is 4.79 Å². The van der Waals surface area contributed by atoms with Crippen molar-refractivity contribution in [3.63, 3.8) is 0 Å². The van der Waals surface area contributed by atoms with E-state index in [9.17, 15) is 35.4 Å². The van der Waals surface area contributed by atoms with E-state index in [4.69, 9.17) is 23.4 Å². The van der Waals surface area contributed by atoms with E-state index in [1.54, 1.807) is 0 Å². The highest BCUT2D eigenvalue weighted by Gasteiger charge is 2.45. The first-order valence-corrected chi connectivity index (χ1v) is 10.4. The molecule has 1 fully saturated rings. The van der Waals surface area contributed by atoms with Crippen molar-refractivity contribution in [2.24, 2.45) is 0 Å².